The molecule has 0 radical (unpaired) electrons. The predicted octanol–water partition coefficient (Wildman–Crippen LogP) is 3.11. The number of halogens is 1. The molecule has 0 heterocycles. The summed E-state index contributed by atoms with van der Waals surface area (Å²) < 4.78 is 0. The Morgan fingerprint density at radius 3 is 2.45 bits per heavy atom. The van der Waals surface area contributed by atoms with E-state index in [-0.39, 0.29) is 24.4 Å². The van der Waals surface area contributed by atoms with Gasteiger partial charge in [0.05, 0.1) is 11.6 Å². The minimum atomic E-state index is -0.599. The molecule has 1 unspecified atom stereocenters. The van der Waals surface area contributed by atoms with Crippen molar-refractivity contribution < 1.29 is 4.79 Å². The predicted molar refractivity (Wildman–Crippen MR) is 84.9 cm³/mol. The average molecular weight is 297 g/mol. The van der Waals surface area contributed by atoms with Gasteiger partial charge in [-0.15, -0.1) is 12.4 Å². The molecule has 1 aromatic rings. The summed E-state index contributed by atoms with van der Waals surface area (Å²) in [5.41, 5.74) is 7.79. The monoisotopic (exact) mass is 296 g/mol. The van der Waals surface area contributed by atoms with Crippen LogP contribution in [0.2, 0.25) is 0 Å². The SMILES string of the molecule is Cc1ccccc1C(CC(C)C)NC(=O)C1(N)CC1.Cl. The molecule has 0 saturated heterocycles. The Morgan fingerprint density at radius 1 is 1.35 bits per heavy atom. The van der Waals surface area contributed by atoms with Crippen LogP contribution in [0.1, 0.15) is 50.3 Å². The largest absolute Gasteiger partial charge is 0.348 e. The van der Waals surface area contributed by atoms with Crippen LogP contribution in [0.3, 0.4) is 0 Å². The van der Waals surface area contributed by atoms with Gasteiger partial charge in [0.25, 0.3) is 0 Å². The molecule has 112 valence electrons. The van der Waals surface area contributed by atoms with Crippen molar-refractivity contribution in [3.63, 3.8) is 0 Å². The lowest BCUT2D eigenvalue weighted by Crippen LogP contribution is -2.44. The summed E-state index contributed by atoms with van der Waals surface area (Å²) in [5.74, 6) is 0.527. The maximum atomic E-state index is 12.2. The van der Waals surface area contributed by atoms with E-state index in [0.717, 1.165) is 19.3 Å². The highest BCUT2D eigenvalue weighted by atomic mass is 35.5. The van der Waals surface area contributed by atoms with Crippen LogP contribution in [-0.4, -0.2) is 11.4 Å². The molecule has 3 nitrogen and oxygen atoms in total. The van der Waals surface area contributed by atoms with Gasteiger partial charge in [-0.3, -0.25) is 4.79 Å². The highest BCUT2D eigenvalue weighted by Gasteiger charge is 2.46. The van der Waals surface area contributed by atoms with Gasteiger partial charge in [-0.2, -0.15) is 0 Å². The summed E-state index contributed by atoms with van der Waals surface area (Å²) in [7, 11) is 0. The van der Waals surface area contributed by atoms with Crippen molar-refractivity contribution in [2.75, 3.05) is 0 Å². The van der Waals surface area contributed by atoms with E-state index in [1.54, 1.807) is 0 Å². The van der Waals surface area contributed by atoms with Crippen molar-refractivity contribution in [2.45, 2.75) is 51.6 Å². The fraction of sp³-hybridized carbons (Fsp3) is 0.562. The zero-order valence-corrected chi connectivity index (χ0v) is 13.3. The van der Waals surface area contributed by atoms with Gasteiger partial charge in [-0.25, -0.2) is 0 Å². The van der Waals surface area contributed by atoms with Crippen molar-refractivity contribution in [1.29, 1.82) is 0 Å². The van der Waals surface area contributed by atoms with E-state index in [0.29, 0.717) is 5.92 Å². The first-order valence-electron chi connectivity index (χ1n) is 7.08. The van der Waals surface area contributed by atoms with E-state index in [1.165, 1.54) is 11.1 Å². The van der Waals surface area contributed by atoms with Crippen LogP contribution in [0.25, 0.3) is 0 Å². The van der Waals surface area contributed by atoms with Gasteiger partial charge < -0.3 is 11.1 Å². The minimum absolute atomic E-state index is 0. The third-order valence-corrected chi connectivity index (χ3v) is 3.82. The number of carbonyl (C=O) groups excluding carboxylic acids is 1. The van der Waals surface area contributed by atoms with E-state index in [4.69, 9.17) is 5.73 Å². The maximum absolute atomic E-state index is 12.2. The lowest BCUT2D eigenvalue weighted by molar-refractivity contribution is -0.124. The summed E-state index contributed by atoms with van der Waals surface area (Å²) in [6.07, 6.45) is 2.55. The molecular weight excluding hydrogens is 272 g/mol. The summed E-state index contributed by atoms with van der Waals surface area (Å²) in [6, 6.07) is 8.30. The maximum Gasteiger partial charge on any atom is 0.240 e. The molecule has 1 fully saturated rings. The topological polar surface area (TPSA) is 55.1 Å². The van der Waals surface area contributed by atoms with Crippen molar-refractivity contribution in [3.05, 3.63) is 35.4 Å². The number of carbonyl (C=O) groups is 1. The van der Waals surface area contributed by atoms with E-state index < -0.39 is 5.54 Å². The number of aryl methyl sites for hydroxylation is 1. The lowest BCUT2D eigenvalue weighted by atomic mass is 9.93. The molecule has 0 bridgehead atoms. The zero-order valence-electron chi connectivity index (χ0n) is 12.5. The molecule has 0 aliphatic heterocycles. The molecule has 20 heavy (non-hydrogen) atoms. The standard InChI is InChI=1S/C16H24N2O.ClH/c1-11(2)10-14(13-7-5-4-6-12(13)3)18-15(19)16(17)8-9-16;/h4-7,11,14H,8-10,17H2,1-3H3,(H,18,19);1H. The number of hydrogen-bond acceptors (Lipinski definition) is 2. The number of nitrogens with one attached hydrogen (secondary N) is 1. The van der Waals surface area contributed by atoms with Crippen LogP contribution in [0, 0.1) is 12.8 Å². The smallest absolute Gasteiger partial charge is 0.240 e. The molecule has 1 atom stereocenters. The Bertz CT molecular complexity index is 469. The molecular formula is C16H25ClN2O. The fourth-order valence-electron chi connectivity index (χ4n) is 2.38. The average Bonchev–Trinajstić information content (AvgIpc) is 3.08. The number of nitrogens with two attached hydrogens (primary N) is 1. The van der Waals surface area contributed by atoms with Crippen LogP contribution < -0.4 is 11.1 Å². The van der Waals surface area contributed by atoms with Gasteiger partial charge in [0.1, 0.15) is 0 Å². The van der Waals surface area contributed by atoms with Crippen molar-refractivity contribution in [3.8, 4) is 0 Å². The lowest BCUT2D eigenvalue weighted by Gasteiger charge is -2.24. The van der Waals surface area contributed by atoms with Crippen molar-refractivity contribution >= 4 is 18.3 Å². The van der Waals surface area contributed by atoms with E-state index >= 15 is 0 Å². The molecule has 1 amide bonds. The fourth-order valence-corrected chi connectivity index (χ4v) is 2.38. The van der Waals surface area contributed by atoms with Crippen LogP contribution in [-0.2, 0) is 4.79 Å². The van der Waals surface area contributed by atoms with Crippen LogP contribution >= 0.6 is 12.4 Å². The normalized spacial score (nSPS) is 17.2. The van der Waals surface area contributed by atoms with Gasteiger partial charge in [-0.1, -0.05) is 38.1 Å². The Balaban J connectivity index is 0.00000200. The first-order chi connectivity index (χ1) is 8.92. The summed E-state index contributed by atoms with van der Waals surface area (Å²) >= 11 is 0. The second-order valence-electron chi connectivity index (χ2n) is 6.17. The minimum Gasteiger partial charge on any atom is -0.348 e. The van der Waals surface area contributed by atoms with E-state index in [2.05, 4.69) is 38.2 Å². The first-order valence-corrected chi connectivity index (χ1v) is 7.08. The van der Waals surface area contributed by atoms with Gasteiger partial charge >= 0.3 is 0 Å². The van der Waals surface area contributed by atoms with Crippen molar-refractivity contribution in [1.82, 2.24) is 5.32 Å². The molecule has 1 aliphatic carbocycles. The Hall–Kier alpha value is -1.06. The molecule has 1 aliphatic rings. The van der Waals surface area contributed by atoms with Crippen LogP contribution in [0.5, 0.6) is 0 Å². The quantitative estimate of drug-likeness (QED) is 0.877. The van der Waals surface area contributed by atoms with Gasteiger partial charge in [0, 0.05) is 0 Å². The summed E-state index contributed by atoms with van der Waals surface area (Å²) in [5, 5.41) is 3.14. The van der Waals surface area contributed by atoms with Gasteiger partial charge in [0.2, 0.25) is 5.91 Å². The third-order valence-electron chi connectivity index (χ3n) is 3.82. The van der Waals surface area contributed by atoms with E-state index in [9.17, 15) is 4.79 Å². The number of hydrogen-bond donors (Lipinski definition) is 2. The highest BCUT2D eigenvalue weighted by Crippen LogP contribution is 2.34. The first kappa shape index (κ1) is 17.0. The van der Waals surface area contributed by atoms with Gasteiger partial charge in [0.15, 0.2) is 0 Å². The van der Waals surface area contributed by atoms with E-state index in [1.807, 2.05) is 12.1 Å². The third kappa shape index (κ3) is 3.97. The summed E-state index contributed by atoms with van der Waals surface area (Å²) in [4.78, 5) is 12.2. The Kier molecular flexibility index (Phi) is 5.60. The molecule has 2 rings (SSSR count). The van der Waals surface area contributed by atoms with Gasteiger partial charge in [-0.05, 0) is 43.2 Å². The van der Waals surface area contributed by atoms with Crippen LogP contribution in [0.4, 0.5) is 0 Å². The number of rotatable bonds is 5. The second kappa shape index (κ2) is 6.59. The molecule has 0 aromatic heterocycles. The zero-order chi connectivity index (χ0) is 14.0. The molecule has 0 spiro atoms. The molecule has 3 N–H and O–H groups in total. The summed E-state index contributed by atoms with van der Waals surface area (Å²) in [6.45, 7) is 6.43. The molecule has 4 heteroatoms. The highest BCUT2D eigenvalue weighted by molar-refractivity contribution is 5.89. The molecule has 1 aromatic carbocycles. The number of benzene rings is 1. The second-order valence-corrected chi connectivity index (χ2v) is 6.17. The molecule has 1 saturated carbocycles. The Morgan fingerprint density at radius 2 is 1.95 bits per heavy atom. The Labute approximate surface area is 127 Å². The van der Waals surface area contributed by atoms with Crippen LogP contribution in [0.15, 0.2) is 24.3 Å². The van der Waals surface area contributed by atoms with Crippen molar-refractivity contribution in [2.24, 2.45) is 11.7 Å². The number of amides is 1.